The number of nitrogens with zero attached hydrogens (tertiary/aromatic N) is 4. The summed E-state index contributed by atoms with van der Waals surface area (Å²) in [6.07, 6.45) is 3.93. The van der Waals surface area contributed by atoms with E-state index in [1.54, 1.807) is 4.90 Å². The number of nitrogens with one attached hydrogen (secondary N) is 1. The molecule has 5 rings (SSSR count). The van der Waals surface area contributed by atoms with E-state index in [1.807, 2.05) is 81.4 Å². The zero-order chi connectivity index (χ0) is 25.1. The Hall–Kier alpha value is -4.20. The van der Waals surface area contributed by atoms with Crippen molar-refractivity contribution in [1.82, 2.24) is 24.8 Å². The van der Waals surface area contributed by atoms with Crippen molar-refractivity contribution in [3.8, 4) is 17.1 Å². The van der Waals surface area contributed by atoms with Crippen LogP contribution >= 0.6 is 0 Å². The van der Waals surface area contributed by atoms with E-state index in [0.29, 0.717) is 37.6 Å². The molecule has 0 unspecified atom stereocenters. The fraction of sp³-hybridized carbons (Fsp3) is 0.286. The van der Waals surface area contributed by atoms with Gasteiger partial charge in [0.2, 0.25) is 0 Å². The summed E-state index contributed by atoms with van der Waals surface area (Å²) in [5, 5.41) is 0. The summed E-state index contributed by atoms with van der Waals surface area (Å²) >= 11 is 0. The van der Waals surface area contributed by atoms with E-state index >= 15 is 0 Å². The van der Waals surface area contributed by atoms with Crippen LogP contribution in [0.2, 0.25) is 0 Å². The maximum atomic E-state index is 12.4. The van der Waals surface area contributed by atoms with Gasteiger partial charge in [0.05, 0.1) is 5.69 Å². The molecule has 1 aliphatic rings. The summed E-state index contributed by atoms with van der Waals surface area (Å²) in [5.74, 6) is 1.51. The SMILES string of the molecule is CC(C)(C)OC(=O)N1CC=C(c2ncnc3nc(-c4ccc(OCc5ccccc5)cc4)[nH]c23)CC1. The summed E-state index contributed by atoms with van der Waals surface area (Å²) in [6.45, 7) is 7.17. The van der Waals surface area contributed by atoms with Gasteiger partial charge in [0.25, 0.3) is 0 Å². The standard InChI is InChI=1S/C28H29N5O3/c1-28(2,3)36-27(34)33-15-13-20(14-16-33)23-24-26(30-18-29-23)32-25(31-24)21-9-11-22(12-10-21)35-17-19-7-5-4-6-8-19/h4-13,18H,14-17H2,1-3H3,(H,29,30,31,32). The number of benzene rings is 2. The summed E-state index contributed by atoms with van der Waals surface area (Å²) in [4.78, 5) is 31.1. The van der Waals surface area contributed by atoms with Crippen molar-refractivity contribution in [3.05, 3.63) is 78.3 Å². The van der Waals surface area contributed by atoms with E-state index in [0.717, 1.165) is 33.7 Å². The first-order chi connectivity index (χ1) is 17.4. The molecular formula is C28H29N5O3. The molecule has 0 atom stereocenters. The first-order valence-electron chi connectivity index (χ1n) is 12.0. The predicted octanol–water partition coefficient (Wildman–Crippen LogP) is 5.62. The van der Waals surface area contributed by atoms with Crippen molar-refractivity contribution in [2.75, 3.05) is 13.1 Å². The van der Waals surface area contributed by atoms with Crippen LogP contribution in [0.15, 0.2) is 67.0 Å². The second-order valence-corrected chi connectivity index (χ2v) is 9.71. The summed E-state index contributed by atoms with van der Waals surface area (Å²) in [5.41, 5.74) is 4.80. The highest BCUT2D eigenvalue weighted by Crippen LogP contribution is 2.29. The van der Waals surface area contributed by atoms with Crippen molar-refractivity contribution in [2.45, 2.75) is 39.4 Å². The molecule has 2 aromatic carbocycles. The van der Waals surface area contributed by atoms with Crippen LogP contribution in [0.5, 0.6) is 5.75 Å². The number of hydrogen-bond acceptors (Lipinski definition) is 6. The largest absolute Gasteiger partial charge is 0.489 e. The average molecular weight is 484 g/mol. The van der Waals surface area contributed by atoms with Gasteiger partial charge in [-0.15, -0.1) is 0 Å². The predicted molar refractivity (Wildman–Crippen MR) is 138 cm³/mol. The van der Waals surface area contributed by atoms with Gasteiger partial charge in [-0.1, -0.05) is 36.4 Å². The van der Waals surface area contributed by atoms with Crippen molar-refractivity contribution < 1.29 is 14.3 Å². The molecule has 8 nitrogen and oxygen atoms in total. The van der Waals surface area contributed by atoms with E-state index in [2.05, 4.69) is 19.9 Å². The van der Waals surface area contributed by atoms with E-state index in [4.69, 9.17) is 9.47 Å². The number of fused-ring (bicyclic) bond motifs is 1. The molecule has 0 fully saturated rings. The number of hydrogen-bond donors (Lipinski definition) is 1. The molecule has 1 aliphatic heterocycles. The zero-order valence-corrected chi connectivity index (χ0v) is 20.7. The minimum absolute atomic E-state index is 0.300. The van der Waals surface area contributed by atoms with E-state index in [9.17, 15) is 4.79 Å². The van der Waals surface area contributed by atoms with Crippen molar-refractivity contribution in [2.24, 2.45) is 0 Å². The quantitative estimate of drug-likeness (QED) is 0.396. The molecule has 184 valence electrons. The Labute approximate surface area is 210 Å². The van der Waals surface area contributed by atoms with E-state index < -0.39 is 5.60 Å². The fourth-order valence-corrected chi connectivity index (χ4v) is 4.04. The number of rotatable bonds is 5. The number of amides is 1. The molecule has 1 N–H and O–H groups in total. The number of ether oxygens (including phenoxy) is 2. The summed E-state index contributed by atoms with van der Waals surface area (Å²) in [6, 6.07) is 17.9. The minimum Gasteiger partial charge on any atom is -0.489 e. The van der Waals surface area contributed by atoms with Gasteiger partial charge in [0.1, 0.15) is 35.6 Å². The topological polar surface area (TPSA) is 93.2 Å². The zero-order valence-electron chi connectivity index (χ0n) is 20.7. The van der Waals surface area contributed by atoms with Gasteiger partial charge in [-0.2, -0.15) is 0 Å². The molecule has 36 heavy (non-hydrogen) atoms. The molecule has 0 saturated carbocycles. The van der Waals surface area contributed by atoms with Gasteiger partial charge in [-0.3, -0.25) is 0 Å². The van der Waals surface area contributed by atoms with Crippen LogP contribution in [0.1, 0.15) is 38.4 Å². The van der Waals surface area contributed by atoms with Crippen LogP contribution in [-0.4, -0.2) is 49.6 Å². The molecule has 8 heteroatoms. The van der Waals surface area contributed by atoms with Crippen LogP contribution in [0.3, 0.4) is 0 Å². The average Bonchev–Trinajstić information content (AvgIpc) is 3.32. The Bertz CT molecular complexity index is 1390. The molecule has 0 bridgehead atoms. The Morgan fingerprint density at radius 3 is 2.53 bits per heavy atom. The summed E-state index contributed by atoms with van der Waals surface area (Å²) < 4.78 is 11.4. The molecule has 4 aromatic rings. The number of carbonyl (C=O) groups excluding carboxylic acids is 1. The van der Waals surface area contributed by atoms with Gasteiger partial charge in [0.15, 0.2) is 5.65 Å². The number of imidazole rings is 1. The van der Waals surface area contributed by atoms with Crippen LogP contribution in [0.4, 0.5) is 4.79 Å². The highest BCUT2D eigenvalue weighted by molar-refractivity contribution is 5.87. The van der Waals surface area contributed by atoms with E-state index in [1.165, 1.54) is 6.33 Å². The molecule has 1 amide bonds. The van der Waals surface area contributed by atoms with Gasteiger partial charge in [-0.05, 0) is 62.6 Å². The molecular weight excluding hydrogens is 454 g/mol. The monoisotopic (exact) mass is 483 g/mol. The Morgan fingerprint density at radius 1 is 1.06 bits per heavy atom. The number of H-pyrrole nitrogens is 1. The second-order valence-electron chi connectivity index (χ2n) is 9.71. The normalized spacial score (nSPS) is 14.0. The van der Waals surface area contributed by atoms with Gasteiger partial charge in [-0.25, -0.2) is 19.7 Å². The molecule has 2 aromatic heterocycles. The van der Waals surface area contributed by atoms with Crippen LogP contribution < -0.4 is 4.74 Å². The lowest BCUT2D eigenvalue weighted by atomic mass is 10.0. The number of aromatic nitrogens is 4. The third-order valence-corrected chi connectivity index (χ3v) is 5.83. The minimum atomic E-state index is -0.515. The molecule has 0 aliphatic carbocycles. The fourth-order valence-electron chi connectivity index (χ4n) is 4.04. The Kier molecular flexibility index (Phi) is 6.41. The maximum absolute atomic E-state index is 12.4. The maximum Gasteiger partial charge on any atom is 0.410 e. The third kappa shape index (κ3) is 5.38. The van der Waals surface area contributed by atoms with Crippen LogP contribution in [-0.2, 0) is 11.3 Å². The van der Waals surface area contributed by atoms with E-state index in [-0.39, 0.29) is 6.09 Å². The molecule has 0 saturated heterocycles. The highest BCUT2D eigenvalue weighted by Gasteiger charge is 2.25. The van der Waals surface area contributed by atoms with Gasteiger partial charge in [0, 0.05) is 18.7 Å². The third-order valence-electron chi connectivity index (χ3n) is 5.83. The number of aromatic amines is 1. The smallest absolute Gasteiger partial charge is 0.410 e. The Morgan fingerprint density at radius 2 is 1.83 bits per heavy atom. The van der Waals surface area contributed by atoms with Gasteiger partial charge < -0.3 is 19.4 Å². The molecule has 0 spiro atoms. The second kappa shape index (κ2) is 9.81. The van der Waals surface area contributed by atoms with Crippen LogP contribution in [0.25, 0.3) is 28.1 Å². The first-order valence-corrected chi connectivity index (χ1v) is 12.0. The highest BCUT2D eigenvalue weighted by atomic mass is 16.6. The van der Waals surface area contributed by atoms with Crippen molar-refractivity contribution in [1.29, 1.82) is 0 Å². The number of carbonyl (C=O) groups is 1. The lowest BCUT2D eigenvalue weighted by Crippen LogP contribution is -2.39. The van der Waals surface area contributed by atoms with Crippen molar-refractivity contribution in [3.63, 3.8) is 0 Å². The van der Waals surface area contributed by atoms with Crippen molar-refractivity contribution >= 4 is 22.8 Å². The molecule has 3 heterocycles. The molecule has 0 radical (unpaired) electrons. The first kappa shape index (κ1) is 23.5. The van der Waals surface area contributed by atoms with Gasteiger partial charge >= 0.3 is 6.09 Å². The van der Waals surface area contributed by atoms with Crippen LogP contribution in [0, 0.1) is 0 Å². The lowest BCUT2D eigenvalue weighted by molar-refractivity contribution is 0.0270. The Balaban J connectivity index is 1.31. The summed E-state index contributed by atoms with van der Waals surface area (Å²) in [7, 11) is 0. The lowest BCUT2D eigenvalue weighted by Gasteiger charge is -2.29.